The van der Waals surface area contributed by atoms with Crippen molar-refractivity contribution in [2.75, 3.05) is 20.1 Å². The Bertz CT molecular complexity index is 648. The summed E-state index contributed by atoms with van der Waals surface area (Å²) >= 11 is 1.67. The molecule has 0 unspecified atom stereocenters. The van der Waals surface area contributed by atoms with Crippen molar-refractivity contribution in [3.05, 3.63) is 18.5 Å². The molecule has 0 atom stereocenters. The van der Waals surface area contributed by atoms with E-state index in [1.807, 2.05) is 0 Å². The molecule has 1 saturated carbocycles. The molecule has 2 fully saturated rings. The third-order valence-corrected chi connectivity index (χ3v) is 5.61. The summed E-state index contributed by atoms with van der Waals surface area (Å²) in [5, 5.41) is 4.17. The molecule has 1 aliphatic carbocycles. The molecule has 1 saturated heterocycles. The van der Waals surface area contributed by atoms with Gasteiger partial charge in [0.05, 0.1) is 0 Å². The molecule has 134 valence electrons. The summed E-state index contributed by atoms with van der Waals surface area (Å²) in [6.45, 7) is -0.162. The van der Waals surface area contributed by atoms with Crippen LogP contribution in [0.4, 0.5) is 4.79 Å². The topological polar surface area (TPSA) is 95.5 Å². The van der Waals surface area contributed by atoms with Crippen molar-refractivity contribution in [1.82, 2.24) is 25.1 Å². The summed E-state index contributed by atoms with van der Waals surface area (Å²) < 4.78 is 0. The highest BCUT2D eigenvalue weighted by atomic mass is 32.2. The molecular formula is C16H21N5O3S. The van der Waals surface area contributed by atoms with Crippen LogP contribution in [-0.2, 0) is 9.59 Å². The van der Waals surface area contributed by atoms with Gasteiger partial charge in [0, 0.05) is 30.7 Å². The van der Waals surface area contributed by atoms with Gasteiger partial charge < -0.3 is 10.2 Å². The molecule has 9 heteroatoms. The molecule has 2 aliphatic rings. The Hall–Kier alpha value is -2.16. The second-order valence-corrected chi connectivity index (χ2v) is 7.58. The summed E-state index contributed by atoms with van der Waals surface area (Å²) in [7, 11) is 1.55. The van der Waals surface area contributed by atoms with E-state index < -0.39 is 6.03 Å². The normalized spacial score (nSPS) is 23.9. The fourth-order valence-corrected chi connectivity index (χ4v) is 4.11. The lowest BCUT2D eigenvalue weighted by Crippen LogP contribution is -2.45. The van der Waals surface area contributed by atoms with E-state index in [0.29, 0.717) is 5.25 Å². The Morgan fingerprint density at radius 1 is 1.24 bits per heavy atom. The monoisotopic (exact) mass is 363 g/mol. The number of rotatable bonds is 5. The van der Waals surface area contributed by atoms with Gasteiger partial charge in [-0.15, -0.1) is 0 Å². The number of nitrogens with one attached hydrogen (secondary N) is 1. The lowest BCUT2D eigenvalue weighted by molar-refractivity contribution is -0.131. The molecule has 8 nitrogen and oxygen atoms in total. The predicted molar refractivity (Wildman–Crippen MR) is 91.8 cm³/mol. The zero-order chi connectivity index (χ0) is 17.8. The molecule has 0 spiro atoms. The molecule has 3 rings (SSSR count). The Morgan fingerprint density at radius 3 is 2.52 bits per heavy atom. The van der Waals surface area contributed by atoms with E-state index in [-0.39, 0.29) is 30.9 Å². The molecule has 25 heavy (non-hydrogen) atoms. The first-order valence-electron chi connectivity index (χ1n) is 8.31. The minimum Gasteiger partial charge on any atom is -0.352 e. The van der Waals surface area contributed by atoms with E-state index in [0.717, 1.165) is 35.7 Å². The highest BCUT2D eigenvalue weighted by molar-refractivity contribution is 7.99. The van der Waals surface area contributed by atoms with E-state index in [1.165, 1.54) is 4.90 Å². The molecule has 0 radical (unpaired) electrons. The van der Waals surface area contributed by atoms with E-state index in [9.17, 15) is 14.4 Å². The van der Waals surface area contributed by atoms with Gasteiger partial charge in [-0.05, 0) is 31.7 Å². The second-order valence-electron chi connectivity index (χ2n) is 6.31. The first kappa shape index (κ1) is 17.7. The van der Waals surface area contributed by atoms with Crippen LogP contribution in [0.3, 0.4) is 0 Å². The summed E-state index contributed by atoms with van der Waals surface area (Å²) in [6, 6.07) is 1.47. The lowest BCUT2D eigenvalue weighted by atomic mass is 9.95. The SMILES string of the molecule is CN1CC(=O)N(CC(=O)NC2CCC(Sc3ncccn3)CC2)C1=O. The smallest absolute Gasteiger partial charge is 0.327 e. The van der Waals surface area contributed by atoms with Gasteiger partial charge in [-0.3, -0.25) is 14.5 Å². The van der Waals surface area contributed by atoms with Gasteiger partial charge in [-0.25, -0.2) is 14.8 Å². The highest BCUT2D eigenvalue weighted by Crippen LogP contribution is 2.31. The number of imide groups is 1. The summed E-state index contributed by atoms with van der Waals surface area (Å²) in [4.78, 5) is 46.4. The molecule has 1 N–H and O–H groups in total. The number of urea groups is 1. The quantitative estimate of drug-likeness (QED) is 0.617. The van der Waals surface area contributed by atoms with E-state index >= 15 is 0 Å². The molecular weight excluding hydrogens is 342 g/mol. The number of thioether (sulfide) groups is 1. The maximum Gasteiger partial charge on any atom is 0.327 e. The van der Waals surface area contributed by atoms with Gasteiger partial charge in [-0.1, -0.05) is 11.8 Å². The Kier molecular flexibility index (Phi) is 5.52. The van der Waals surface area contributed by atoms with Crippen molar-refractivity contribution in [2.45, 2.75) is 42.1 Å². The minimum absolute atomic E-state index is 0.0377. The van der Waals surface area contributed by atoms with Crippen LogP contribution in [0.25, 0.3) is 0 Å². The number of carbonyl (C=O) groups is 3. The van der Waals surface area contributed by atoms with Crippen LogP contribution >= 0.6 is 11.8 Å². The van der Waals surface area contributed by atoms with Crippen molar-refractivity contribution in [3.63, 3.8) is 0 Å². The van der Waals surface area contributed by atoms with Gasteiger partial charge in [-0.2, -0.15) is 0 Å². The fourth-order valence-electron chi connectivity index (χ4n) is 3.06. The van der Waals surface area contributed by atoms with Gasteiger partial charge in [0.25, 0.3) is 5.91 Å². The predicted octanol–water partition coefficient (Wildman–Crippen LogP) is 0.890. The Morgan fingerprint density at radius 2 is 1.92 bits per heavy atom. The van der Waals surface area contributed by atoms with Crippen molar-refractivity contribution >= 4 is 29.6 Å². The molecule has 1 aromatic rings. The van der Waals surface area contributed by atoms with E-state index in [1.54, 1.807) is 37.3 Å². The molecule has 1 aliphatic heterocycles. The fraction of sp³-hybridized carbons (Fsp3) is 0.562. The zero-order valence-electron chi connectivity index (χ0n) is 14.1. The van der Waals surface area contributed by atoms with Crippen LogP contribution in [0.15, 0.2) is 23.6 Å². The Labute approximate surface area is 150 Å². The van der Waals surface area contributed by atoms with Crippen LogP contribution in [-0.4, -0.2) is 69.0 Å². The van der Waals surface area contributed by atoms with E-state index in [2.05, 4.69) is 15.3 Å². The van der Waals surface area contributed by atoms with Gasteiger partial charge >= 0.3 is 6.03 Å². The second kappa shape index (κ2) is 7.81. The van der Waals surface area contributed by atoms with Crippen molar-refractivity contribution in [2.24, 2.45) is 0 Å². The van der Waals surface area contributed by atoms with Gasteiger partial charge in [0.1, 0.15) is 13.1 Å². The third kappa shape index (κ3) is 4.47. The van der Waals surface area contributed by atoms with Crippen molar-refractivity contribution in [1.29, 1.82) is 0 Å². The van der Waals surface area contributed by atoms with Crippen molar-refractivity contribution < 1.29 is 14.4 Å². The summed E-state index contributed by atoms with van der Waals surface area (Å²) in [6.07, 6.45) is 7.16. The number of aromatic nitrogens is 2. The van der Waals surface area contributed by atoms with Crippen LogP contribution in [0.2, 0.25) is 0 Å². The average Bonchev–Trinajstić information content (AvgIpc) is 2.84. The first-order chi connectivity index (χ1) is 12.0. The number of amides is 4. The minimum atomic E-state index is -0.414. The van der Waals surface area contributed by atoms with Crippen LogP contribution in [0, 0.1) is 0 Å². The number of hydrogen-bond donors (Lipinski definition) is 1. The van der Waals surface area contributed by atoms with Crippen LogP contribution in [0.5, 0.6) is 0 Å². The van der Waals surface area contributed by atoms with Gasteiger partial charge in [0.2, 0.25) is 5.91 Å². The third-order valence-electron chi connectivity index (χ3n) is 4.39. The van der Waals surface area contributed by atoms with Crippen LogP contribution < -0.4 is 5.32 Å². The first-order valence-corrected chi connectivity index (χ1v) is 9.19. The number of hydrogen-bond acceptors (Lipinski definition) is 6. The molecule has 0 aromatic carbocycles. The highest BCUT2D eigenvalue weighted by Gasteiger charge is 2.35. The molecule has 0 bridgehead atoms. The number of nitrogens with zero attached hydrogens (tertiary/aromatic N) is 4. The molecule has 4 amide bonds. The maximum absolute atomic E-state index is 12.1. The number of carbonyl (C=O) groups excluding carboxylic acids is 3. The zero-order valence-corrected chi connectivity index (χ0v) is 14.9. The van der Waals surface area contributed by atoms with Gasteiger partial charge in [0.15, 0.2) is 5.16 Å². The van der Waals surface area contributed by atoms with Crippen molar-refractivity contribution in [3.8, 4) is 0 Å². The Balaban J connectivity index is 1.42. The molecule has 2 heterocycles. The standard InChI is InChI=1S/C16H21N5O3S/c1-20-10-14(23)21(16(20)24)9-13(22)19-11-3-5-12(6-4-11)25-15-17-7-2-8-18-15/h2,7-8,11-12H,3-6,9-10H2,1H3,(H,19,22). The molecule has 1 aromatic heterocycles. The number of likely N-dealkylation sites (N-methyl/N-ethyl adjacent to an activating group) is 1. The maximum atomic E-state index is 12.1. The largest absolute Gasteiger partial charge is 0.352 e. The lowest BCUT2D eigenvalue weighted by Gasteiger charge is -2.28. The van der Waals surface area contributed by atoms with Crippen LogP contribution in [0.1, 0.15) is 25.7 Å². The average molecular weight is 363 g/mol. The summed E-state index contributed by atoms with van der Waals surface area (Å²) in [5.74, 6) is -0.606. The summed E-state index contributed by atoms with van der Waals surface area (Å²) in [5.41, 5.74) is 0. The van der Waals surface area contributed by atoms with E-state index in [4.69, 9.17) is 0 Å².